The van der Waals surface area contributed by atoms with Crippen molar-refractivity contribution in [2.45, 2.75) is 6.92 Å². The van der Waals surface area contributed by atoms with Crippen LogP contribution in [0.3, 0.4) is 0 Å². The van der Waals surface area contributed by atoms with Crippen LogP contribution in [-0.4, -0.2) is 22.1 Å². The lowest BCUT2D eigenvalue weighted by atomic mass is 10.2. The number of ether oxygens (including phenoxy) is 1. The number of hydrogen-bond donors (Lipinski definition) is 0. The highest BCUT2D eigenvalue weighted by Gasteiger charge is 2.23. The van der Waals surface area contributed by atoms with E-state index in [2.05, 4.69) is 0 Å². The molecule has 0 radical (unpaired) electrons. The van der Waals surface area contributed by atoms with E-state index in [1.165, 1.54) is 10.6 Å². The molecular weight excluding hydrogens is 332 g/mol. The van der Waals surface area contributed by atoms with Crippen LogP contribution in [0.4, 0.5) is 5.69 Å². The fourth-order valence-corrected chi connectivity index (χ4v) is 2.79. The molecule has 0 saturated carbocycles. The maximum Gasteiger partial charge on any atom is 0.355 e. The Morgan fingerprint density at radius 2 is 2.00 bits per heavy atom. The summed E-state index contributed by atoms with van der Waals surface area (Å²) >= 11 is 6.02. The molecule has 0 aliphatic heterocycles. The summed E-state index contributed by atoms with van der Waals surface area (Å²) in [6.45, 7) is 1.91. The third-order valence-corrected chi connectivity index (χ3v) is 3.80. The summed E-state index contributed by atoms with van der Waals surface area (Å²) in [5.74, 6) is -0.553. The van der Waals surface area contributed by atoms with E-state index in [-0.39, 0.29) is 18.0 Å². The summed E-state index contributed by atoms with van der Waals surface area (Å²) in [6.07, 6.45) is 0. The van der Waals surface area contributed by atoms with Crippen LogP contribution in [0, 0.1) is 10.1 Å². The van der Waals surface area contributed by atoms with Crippen molar-refractivity contribution in [3.05, 3.63) is 69.4 Å². The van der Waals surface area contributed by atoms with Gasteiger partial charge in [-0.05, 0) is 37.3 Å². The molecule has 0 aliphatic carbocycles. The van der Waals surface area contributed by atoms with Crippen molar-refractivity contribution >= 4 is 34.2 Å². The van der Waals surface area contributed by atoms with Crippen LogP contribution in [0.5, 0.6) is 0 Å². The quantitative estimate of drug-likeness (QED) is 0.400. The Labute approximate surface area is 142 Å². The maximum absolute atomic E-state index is 12.3. The summed E-state index contributed by atoms with van der Waals surface area (Å²) < 4.78 is 6.62. The van der Waals surface area contributed by atoms with Gasteiger partial charge >= 0.3 is 5.97 Å². The number of halogens is 1. The molecule has 24 heavy (non-hydrogen) atoms. The minimum atomic E-state index is -0.553. The first kappa shape index (κ1) is 16.0. The fourth-order valence-electron chi connectivity index (χ4n) is 2.61. The van der Waals surface area contributed by atoms with Crippen LogP contribution < -0.4 is 0 Å². The smallest absolute Gasteiger partial charge is 0.355 e. The van der Waals surface area contributed by atoms with Crippen molar-refractivity contribution in [2.75, 3.05) is 6.61 Å². The molecule has 0 unspecified atom stereocenters. The minimum Gasteiger partial charge on any atom is -0.461 e. The fraction of sp³-hybridized carbons (Fsp3) is 0.118. The lowest BCUT2D eigenvalue weighted by molar-refractivity contribution is -0.384. The van der Waals surface area contributed by atoms with Crippen LogP contribution in [0.25, 0.3) is 16.6 Å². The normalized spacial score (nSPS) is 10.8. The number of esters is 1. The highest BCUT2D eigenvalue weighted by molar-refractivity contribution is 6.31. The van der Waals surface area contributed by atoms with E-state index in [1.54, 1.807) is 49.4 Å². The molecule has 1 heterocycles. The molecule has 122 valence electrons. The number of nitro benzene ring substituents is 1. The average Bonchev–Trinajstić information content (AvgIpc) is 2.93. The molecule has 0 bridgehead atoms. The highest BCUT2D eigenvalue weighted by atomic mass is 35.5. The van der Waals surface area contributed by atoms with Gasteiger partial charge in [0.15, 0.2) is 0 Å². The van der Waals surface area contributed by atoms with E-state index >= 15 is 0 Å². The van der Waals surface area contributed by atoms with Gasteiger partial charge in [0.05, 0.1) is 17.0 Å². The van der Waals surface area contributed by atoms with Crippen molar-refractivity contribution in [3.8, 4) is 5.69 Å². The Hall–Kier alpha value is -2.86. The molecule has 1 aromatic heterocycles. The number of fused-ring (bicyclic) bond motifs is 1. The first-order valence-electron chi connectivity index (χ1n) is 7.25. The number of benzene rings is 2. The first-order chi connectivity index (χ1) is 11.5. The molecular formula is C17H13ClN2O4. The standard InChI is InChI=1S/C17H13ClN2O4/c1-2-24-17(21)16-10-11-9-12(18)7-8-13(11)19(16)14-5-3-4-6-15(14)20(22)23/h3-10H,2H2,1H3. The molecule has 2 aromatic carbocycles. The summed E-state index contributed by atoms with van der Waals surface area (Å²) in [6, 6.07) is 13.0. The lowest BCUT2D eigenvalue weighted by Gasteiger charge is -2.10. The molecule has 0 atom stereocenters. The van der Waals surface area contributed by atoms with Crippen LogP contribution in [0.15, 0.2) is 48.5 Å². The van der Waals surface area contributed by atoms with Gasteiger partial charge < -0.3 is 4.74 Å². The van der Waals surface area contributed by atoms with E-state index < -0.39 is 10.9 Å². The first-order valence-corrected chi connectivity index (χ1v) is 7.62. The predicted molar refractivity (Wildman–Crippen MR) is 90.9 cm³/mol. The third kappa shape index (κ3) is 2.72. The Balaban J connectivity index is 2.35. The minimum absolute atomic E-state index is 0.101. The van der Waals surface area contributed by atoms with Gasteiger partial charge in [-0.25, -0.2) is 4.79 Å². The maximum atomic E-state index is 12.3. The summed E-state index contributed by atoms with van der Waals surface area (Å²) in [7, 11) is 0. The number of carbonyl (C=O) groups is 1. The second-order valence-corrected chi connectivity index (χ2v) is 5.47. The number of para-hydroxylation sites is 2. The molecule has 0 amide bonds. The van der Waals surface area contributed by atoms with Gasteiger partial charge in [-0.2, -0.15) is 0 Å². The van der Waals surface area contributed by atoms with Crippen LogP contribution in [0.2, 0.25) is 5.02 Å². The lowest BCUT2D eigenvalue weighted by Crippen LogP contribution is -2.12. The van der Waals surface area contributed by atoms with E-state index in [0.29, 0.717) is 21.6 Å². The number of hydrogen-bond acceptors (Lipinski definition) is 4. The van der Waals surface area contributed by atoms with Crippen molar-refractivity contribution < 1.29 is 14.5 Å². The Bertz CT molecular complexity index is 949. The summed E-state index contributed by atoms with van der Waals surface area (Å²) in [5.41, 5.74) is 1.04. The molecule has 7 heteroatoms. The molecule has 3 aromatic rings. The second-order valence-electron chi connectivity index (χ2n) is 5.03. The molecule has 0 aliphatic rings. The van der Waals surface area contributed by atoms with Crippen LogP contribution in [-0.2, 0) is 4.74 Å². The zero-order chi connectivity index (χ0) is 17.3. The molecule has 3 rings (SSSR count). The zero-order valence-electron chi connectivity index (χ0n) is 12.7. The van der Waals surface area contributed by atoms with Gasteiger partial charge in [-0.15, -0.1) is 0 Å². The highest BCUT2D eigenvalue weighted by Crippen LogP contribution is 2.31. The number of aromatic nitrogens is 1. The van der Waals surface area contributed by atoms with Gasteiger partial charge in [-0.1, -0.05) is 23.7 Å². The average molecular weight is 345 g/mol. The van der Waals surface area contributed by atoms with Crippen molar-refractivity contribution in [1.82, 2.24) is 4.57 Å². The Morgan fingerprint density at radius 1 is 1.25 bits per heavy atom. The van der Waals surface area contributed by atoms with Crippen molar-refractivity contribution in [2.24, 2.45) is 0 Å². The summed E-state index contributed by atoms with van der Waals surface area (Å²) in [4.78, 5) is 23.2. The molecule has 0 saturated heterocycles. The van der Waals surface area contributed by atoms with Gasteiger partial charge in [0.25, 0.3) is 5.69 Å². The molecule has 6 nitrogen and oxygen atoms in total. The largest absolute Gasteiger partial charge is 0.461 e. The second kappa shape index (κ2) is 6.33. The molecule has 0 spiro atoms. The van der Waals surface area contributed by atoms with Gasteiger partial charge in [0, 0.05) is 16.5 Å². The molecule has 0 N–H and O–H groups in total. The summed E-state index contributed by atoms with van der Waals surface area (Å²) in [5, 5.41) is 12.6. The van der Waals surface area contributed by atoms with E-state index in [4.69, 9.17) is 16.3 Å². The van der Waals surface area contributed by atoms with Crippen LogP contribution >= 0.6 is 11.6 Å². The van der Waals surface area contributed by atoms with Crippen molar-refractivity contribution in [1.29, 1.82) is 0 Å². The molecule has 0 fully saturated rings. The SMILES string of the molecule is CCOC(=O)c1cc2cc(Cl)ccc2n1-c1ccccc1[N+](=O)[O-]. The van der Waals surface area contributed by atoms with Gasteiger partial charge in [0.2, 0.25) is 0 Å². The predicted octanol–water partition coefficient (Wildman–Crippen LogP) is 4.37. The van der Waals surface area contributed by atoms with Gasteiger partial charge in [0.1, 0.15) is 11.4 Å². The number of nitrogens with zero attached hydrogens (tertiary/aromatic N) is 2. The Kier molecular flexibility index (Phi) is 4.22. The third-order valence-electron chi connectivity index (χ3n) is 3.57. The topological polar surface area (TPSA) is 74.4 Å². The van der Waals surface area contributed by atoms with Crippen molar-refractivity contribution in [3.63, 3.8) is 0 Å². The van der Waals surface area contributed by atoms with E-state index in [9.17, 15) is 14.9 Å². The number of rotatable bonds is 4. The van der Waals surface area contributed by atoms with Crippen LogP contribution in [0.1, 0.15) is 17.4 Å². The van der Waals surface area contributed by atoms with Gasteiger partial charge in [-0.3, -0.25) is 14.7 Å². The monoisotopic (exact) mass is 344 g/mol. The zero-order valence-corrected chi connectivity index (χ0v) is 13.5. The number of carbonyl (C=O) groups excluding carboxylic acids is 1. The number of nitro groups is 1. The van der Waals surface area contributed by atoms with E-state index in [0.717, 1.165) is 0 Å². The van der Waals surface area contributed by atoms with E-state index in [1.807, 2.05) is 0 Å². The Morgan fingerprint density at radius 3 is 2.71 bits per heavy atom.